The van der Waals surface area contributed by atoms with Gasteiger partial charge in [-0.2, -0.15) is 5.10 Å². The van der Waals surface area contributed by atoms with Gasteiger partial charge in [-0.1, -0.05) is 6.07 Å². The van der Waals surface area contributed by atoms with Crippen LogP contribution in [0.15, 0.2) is 23.2 Å². The molecular weight excluding hydrogens is 266 g/mol. The fourth-order valence-corrected chi connectivity index (χ4v) is 3.02. The zero-order valence-electron chi connectivity index (χ0n) is 10.5. The molecule has 0 atom stereocenters. The van der Waals surface area contributed by atoms with Gasteiger partial charge in [0.15, 0.2) is 5.03 Å². The van der Waals surface area contributed by atoms with E-state index in [-0.39, 0.29) is 5.03 Å². The van der Waals surface area contributed by atoms with E-state index in [4.69, 9.17) is 9.88 Å². The van der Waals surface area contributed by atoms with Crippen LogP contribution in [0.4, 0.5) is 0 Å². The lowest BCUT2D eigenvalue weighted by Gasteiger charge is -2.07. The molecule has 1 fully saturated rings. The predicted octanol–water partition coefficient (Wildman–Crippen LogP) is 1.01. The minimum atomic E-state index is -3.84. The first-order chi connectivity index (χ1) is 8.97. The van der Waals surface area contributed by atoms with Crippen molar-refractivity contribution in [3.05, 3.63) is 18.2 Å². The van der Waals surface area contributed by atoms with E-state index >= 15 is 0 Å². The molecule has 2 N–H and O–H groups in total. The Labute approximate surface area is 111 Å². The second kappa shape index (κ2) is 4.21. The Morgan fingerprint density at radius 2 is 2.21 bits per heavy atom. The second-order valence-electron chi connectivity index (χ2n) is 4.88. The van der Waals surface area contributed by atoms with Crippen molar-refractivity contribution in [1.82, 2.24) is 9.78 Å². The summed E-state index contributed by atoms with van der Waals surface area (Å²) in [6, 6.07) is 5.29. The highest BCUT2D eigenvalue weighted by atomic mass is 32.2. The maximum atomic E-state index is 11.7. The maximum absolute atomic E-state index is 11.7. The molecule has 0 amide bonds. The minimum absolute atomic E-state index is 0.00565. The van der Waals surface area contributed by atoms with Crippen LogP contribution >= 0.6 is 0 Å². The van der Waals surface area contributed by atoms with Crippen molar-refractivity contribution in [2.75, 3.05) is 6.61 Å². The van der Waals surface area contributed by atoms with Gasteiger partial charge in [0, 0.05) is 7.05 Å². The van der Waals surface area contributed by atoms with E-state index < -0.39 is 10.0 Å². The summed E-state index contributed by atoms with van der Waals surface area (Å²) in [6.45, 7) is 0.609. The molecule has 0 unspecified atom stereocenters. The zero-order valence-corrected chi connectivity index (χ0v) is 11.4. The normalized spacial score (nSPS) is 15.9. The van der Waals surface area contributed by atoms with E-state index in [0.29, 0.717) is 29.2 Å². The van der Waals surface area contributed by atoms with Crippen LogP contribution < -0.4 is 9.88 Å². The van der Waals surface area contributed by atoms with Gasteiger partial charge in [-0.25, -0.2) is 13.6 Å². The maximum Gasteiger partial charge on any atom is 0.255 e. The van der Waals surface area contributed by atoms with Gasteiger partial charge in [-0.3, -0.25) is 4.68 Å². The molecule has 2 aromatic rings. The van der Waals surface area contributed by atoms with E-state index in [1.54, 1.807) is 25.2 Å². The van der Waals surface area contributed by atoms with Crippen molar-refractivity contribution < 1.29 is 13.2 Å². The Hall–Kier alpha value is -1.60. The molecule has 6 nitrogen and oxygen atoms in total. The molecule has 1 aromatic heterocycles. The van der Waals surface area contributed by atoms with Crippen molar-refractivity contribution in [2.45, 2.75) is 17.9 Å². The van der Waals surface area contributed by atoms with Crippen LogP contribution in [0, 0.1) is 5.92 Å². The molecule has 0 spiro atoms. The number of nitrogens with two attached hydrogens (primary N) is 1. The van der Waals surface area contributed by atoms with Crippen LogP contribution in [0.5, 0.6) is 5.75 Å². The Bertz CT molecular complexity index is 732. The third-order valence-corrected chi connectivity index (χ3v) is 4.22. The minimum Gasteiger partial charge on any atom is -0.492 e. The molecule has 7 heteroatoms. The molecule has 19 heavy (non-hydrogen) atoms. The van der Waals surface area contributed by atoms with Crippen molar-refractivity contribution in [1.29, 1.82) is 0 Å². The van der Waals surface area contributed by atoms with Crippen LogP contribution in [0.1, 0.15) is 12.8 Å². The number of nitrogens with zero attached hydrogens (tertiary/aromatic N) is 2. The van der Waals surface area contributed by atoms with Gasteiger partial charge < -0.3 is 4.74 Å². The monoisotopic (exact) mass is 281 g/mol. The summed E-state index contributed by atoms with van der Waals surface area (Å²) in [6.07, 6.45) is 2.34. The van der Waals surface area contributed by atoms with E-state index in [1.807, 2.05) is 0 Å². The number of aromatic nitrogens is 2. The fourth-order valence-electron chi connectivity index (χ4n) is 2.13. The molecule has 1 saturated carbocycles. The van der Waals surface area contributed by atoms with Gasteiger partial charge in [0.25, 0.3) is 10.0 Å². The largest absolute Gasteiger partial charge is 0.492 e. The third kappa shape index (κ3) is 2.31. The molecule has 0 bridgehead atoms. The first kappa shape index (κ1) is 12.4. The number of hydrogen-bond acceptors (Lipinski definition) is 4. The number of ether oxygens (including phenoxy) is 1. The number of primary sulfonamides is 1. The van der Waals surface area contributed by atoms with Crippen LogP contribution in [0.3, 0.4) is 0 Å². The number of sulfonamides is 1. The Kier molecular flexibility index (Phi) is 2.75. The summed E-state index contributed by atoms with van der Waals surface area (Å²) in [5.74, 6) is 1.12. The van der Waals surface area contributed by atoms with Crippen LogP contribution in [0.2, 0.25) is 0 Å². The molecule has 3 rings (SSSR count). The van der Waals surface area contributed by atoms with Gasteiger partial charge in [-0.05, 0) is 30.9 Å². The molecule has 1 aromatic carbocycles. The molecule has 1 heterocycles. The highest BCUT2D eigenvalue weighted by molar-refractivity contribution is 7.89. The average Bonchev–Trinajstić information content (AvgIpc) is 3.05. The summed E-state index contributed by atoms with van der Waals surface area (Å²) in [7, 11) is -2.28. The van der Waals surface area contributed by atoms with Crippen molar-refractivity contribution in [2.24, 2.45) is 18.1 Å². The van der Waals surface area contributed by atoms with E-state index in [0.717, 1.165) is 0 Å². The van der Waals surface area contributed by atoms with Crippen LogP contribution in [-0.2, 0) is 17.1 Å². The fraction of sp³-hybridized carbons (Fsp3) is 0.417. The lowest BCUT2D eigenvalue weighted by Crippen LogP contribution is -2.16. The quantitative estimate of drug-likeness (QED) is 0.906. The lowest BCUT2D eigenvalue weighted by molar-refractivity contribution is 0.303. The molecule has 102 valence electrons. The van der Waals surface area contributed by atoms with Gasteiger partial charge >= 0.3 is 0 Å². The number of hydrogen-bond donors (Lipinski definition) is 1. The Balaban J connectivity index is 2.15. The lowest BCUT2D eigenvalue weighted by atomic mass is 10.2. The molecular formula is C12H15N3O3S. The van der Waals surface area contributed by atoms with Gasteiger partial charge in [0.2, 0.25) is 0 Å². The summed E-state index contributed by atoms with van der Waals surface area (Å²) >= 11 is 0. The third-order valence-electron chi connectivity index (χ3n) is 3.21. The van der Waals surface area contributed by atoms with E-state index in [2.05, 4.69) is 5.10 Å². The van der Waals surface area contributed by atoms with E-state index in [1.165, 1.54) is 17.5 Å². The topological polar surface area (TPSA) is 87.2 Å². The Morgan fingerprint density at radius 3 is 2.84 bits per heavy atom. The summed E-state index contributed by atoms with van der Waals surface area (Å²) in [4.78, 5) is 0. The number of aryl methyl sites for hydroxylation is 1. The van der Waals surface area contributed by atoms with Crippen molar-refractivity contribution >= 4 is 20.9 Å². The average molecular weight is 281 g/mol. The second-order valence-corrected chi connectivity index (χ2v) is 6.36. The van der Waals surface area contributed by atoms with Gasteiger partial charge in [0.1, 0.15) is 5.75 Å². The molecule has 0 aliphatic heterocycles. The number of rotatable bonds is 4. The van der Waals surface area contributed by atoms with Crippen molar-refractivity contribution in [3.63, 3.8) is 0 Å². The summed E-state index contributed by atoms with van der Waals surface area (Å²) < 4.78 is 30.4. The number of benzene rings is 1. The van der Waals surface area contributed by atoms with Crippen molar-refractivity contribution in [3.8, 4) is 5.75 Å². The molecule has 0 radical (unpaired) electrons. The smallest absolute Gasteiger partial charge is 0.255 e. The highest BCUT2D eigenvalue weighted by Gasteiger charge is 2.25. The molecule has 1 aliphatic rings. The summed E-state index contributed by atoms with van der Waals surface area (Å²) in [5, 5.41) is 9.88. The van der Waals surface area contributed by atoms with Crippen LogP contribution in [-0.4, -0.2) is 24.8 Å². The Morgan fingerprint density at radius 1 is 1.47 bits per heavy atom. The first-order valence-corrected chi connectivity index (χ1v) is 7.63. The van der Waals surface area contributed by atoms with Gasteiger partial charge in [-0.15, -0.1) is 0 Å². The SMILES string of the molecule is Cn1nc2cccc(OCC3CC3)c2c1S(N)(=O)=O. The first-order valence-electron chi connectivity index (χ1n) is 6.08. The molecule has 0 saturated heterocycles. The predicted molar refractivity (Wildman–Crippen MR) is 70.3 cm³/mol. The van der Waals surface area contributed by atoms with Gasteiger partial charge in [0.05, 0.1) is 17.5 Å². The summed E-state index contributed by atoms with van der Waals surface area (Å²) in [5.41, 5.74) is 0.569. The standard InChI is InChI=1S/C12H15N3O3S/c1-15-12(19(13,16)17)11-9(14-15)3-2-4-10(11)18-7-8-5-6-8/h2-4,8H,5-7H2,1H3,(H2,13,16,17). The van der Waals surface area contributed by atoms with E-state index in [9.17, 15) is 8.42 Å². The molecule has 1 aliphatic carbocycles. The number of fused-ring (bicyclic) bond motifs is 1. The van der Waals surface area contributed by atoms with Crippen LogP contribution in [0.25, 0.3) is 10.9 Å². The zero-order chi connectivity index (χ0) is 13.6. The highest BCUT2D eigenvalue weighted by Crippen LogP contribution is 2.34.